The van der Waals surface area contributed by atoms with Crippen LogP contribution in [0.15, 0.2) is 18.3 Å². The molecule has 0 saturated carbocycles. The molecule has 3 heteroatoms. The van der Waals surface area contributed by atoms with Crippen LogP contribution in [0.1, 0.15) is 31.5 Å². The number of nitrogens with one attached hydrogen (secondary N) is 1. The first-order valence-corrected chi connectivity index (χ1v) is 5.37. The minimum absolute atomic E-state index is 0.148. The van der Waals surface area contributed by atoms with Crippen LogP contribution in [0.4, 0.5) is 0 Å². The topological polar surface area (TPSA) is 45.1 Å². The van der Waals surface area contributed by atoms with Gasteiger partial charge in [-0.1, -0.05) is 13.0 Å². The number of hydrogen-bond donors (Lipinski definition) is 2. The second-order valence-corrected chi connectivity index (χ2v) is 4.19. The molecule has 0 aliphatic rings. The van der Waals surface area contributed by atoms with E-state index in [0.29, 0.717) is 6.54 Å². The Bertz CT molecular complexity index is 308. The molecule has 0 aromatic carbocycles. The van der Waals surface area contributed by atoms with E-state index in [1.54, 1.807) is 6.20 Å². The molecule has 3 nitrogen and oxygen atoms in total. The number of aryl methyl sites for hydroxylation is 1. The molecule has 15 heavy (non-hydrogen) atoms. The van der Waals surface area contributed by atoms with Crippen LogP contribution in [0.3, 0.4) is 0 Å². The largest absolute Gasteiger partial charge is 0.394 e. The summed E-state index contributed by atoms with van der Waals surface area (Å²) in [4.78, 5) is 4.31. The lowest BCUT2D eigenvalue weighted by molar-refractivity contribution is 0.168. The van der Waals surface area contributed by atoms with Crippen LogP contribution >= 0.6 is 0 Å². The van der Waals surface area contributed by atoms with E-state index in [2.05, 4.69) is 17.2 Å². The van der Waals surface area contributed by atoms with Gasteiger partial charge in [0.2, 0.25) is 0 Å². The smallest absolute Gasteiger partial charge is 0.0610 e. The van der Waals surface area contributed by atoms with Crippen molar-refractivity contribution in [1.29, 1.82) is 0 Å². The molecular weight excluding hydrogens is 188 g/mol. The summed E-state index contributed by atoms with van der Waals surface area (Å²) in [5.74, 6) is 0. The van der Waals surface area contributed by atoms with E-state index in [1.165, 1.54) is 5.56 Å². The highest BCUT2D eigenvalue weighted by molar-refractivity contribution is 5.17. The van der Waals surface area contributed by atoms with Gasteiger partial charge in [0, 0.05) is 18.3 Å². The third-order valence-corrected chi connectivity index (χ3v) is 2.93. The van der Waals surface area contributed by atoms with E-state index in [4.69, 9.17) is 0 Å². The number of rotatable bonds is 5. The first-order valence-electron chi connectivity index (χ1n) is 5.37. The summed E-state index contributed by atoms with van der Waals surface area (Å²) in [5, 5.41) is 12.6. The number of nitrogens with zero attached hydrogens (tertiary/aromatic N) is 1. The van der Waals surface area contributed by atoms with Crippen LogP contribution in [0.2, 0.25) is 0 Å². The molecule has 0 amide bonds. The van der Waals surface area contributed by atoms with Gasteiger partial charge in [-0.05, 0) is 31.9 Å². The zero-order chi connectivity index (χ0) is 11.3. The molecular formula is C12H20N2O. The van der Waals surface area contributed by atoms with Crippen molar-refractivity contribution in [3.63, 3.8) is 0 Å². The van der Waals surface area contributed by atoms with Crippen LogP contribution in [0, 0.1) is 6.92 Å². The zero-order valence-electron chi connectivity index (χ0n) is 9.75. The summed E-state index contributed by atoms with van der Waals surface area (Å²) < 4.78 is 0. The molecule has 0 aliphatic heterocycles. The van der Waals surface area contributed by atoms with Crippen LogP contribution in [-0.4, -0.2) is 22.2 Å². The lowest BCUT2D eigenvalue weighted by Crippen LogP contribution is -2.44. The van der Waals surface area contributed by atoms with Gasteiger partial charge in [0.05, 0.1) is 12.3 Å². The fourth-order valence-corrected chi connectivity index (χ4v) is 1.29. The van der Waals surface area contributed by atoms with E-state index in [0.717, 1.165) is 12.1 Å². The monoisotopic (exact) mass is 208 g/mol. The molecule has 0 radical (unpaired) electrons. The van der Waals surface area contributed by atoms with E-state index in [-0.39, 0.29) is 12.1 Å². The Hall–Kier alpha value is -0.930. The van der Waals surface area contributed by atoms with E-state index in [9.17, 15) is 5.11 Å². The van der Waals surface area contributed by atoms with Crippen LogP contribution < -0.4 is 5.32 Å². The second kappa shape index (κ2) is 5.24. The Labute approximate surface area is 91.5 Å². The van der Waals surface area contributed by atoms with Crippen molar-refractivity contribution < 1.29 is 5.11 Å². The molecule has 0 aliphatic carbocycles. The maximum atomic E-state index is 9.25. The van der Waals surface area contributed by atoms with E-state index in [1.807, 2.05) is 26.0 Å². The lowest BCUT2D eigenvalue weighted by atomic mass is 10.00. The van der Waals surface area contributed by atoms with Gasteiger partial charge in [-0.25, -0.2) is 0 Å². The molecule has 1 aromatic heterocycles. The number of pyridine rings is 1. The van der Waals surface area contributed by atoms with Crippen LogP contribution in [0.5, 0.6) is 0 Å². The summed E-state index contributed by atoms with van der Waals surface area (Å²) in [6, 6.07) is 3.98. The van der Waals surface area contributed by atoms with E-state index >= 15 is 0 Å². The Morgan fingerprint density at radius 1 is 1.53 bits per heavy atom. The molecule has 1 heterocycles. The third-order valence-electron chi connectivity index (χ3n) is 2.93. The van der Waals surface area contributed by atoms with Gasteiger partial charge in [0.1, 0.15) is 0 Å². The maximum absolute atomic E-state index is 9.25. The third kappa shape index (κ3) is 3.29. The molecule has 1 aromatic rings. The summed E-state index contributed by atoms with van der Waals surface area (Å²) in [7, 11) is 0. The highest BCUT2D eigenvalue weighted by Gasteiger charge is 2.19. The van der Waals surface area contributed by atoms with Gasteiger partial charge in [-0.2, -0.15) is 0 Å². The maximum Gasteiger partial charge on any atom is 0.0610 e. The number of hydrogen-bond acceptors (Lipinski definition) is 3. The fraction of sp³-hybridized carbons (Fsp3) is 0.583. The van der Waals surface area contributed by atoms with Crippen molar-refractivity contribution in [2.45, 2.75) is 39.3 Å². The Morgan fingerprint density at radius 2 is 2.27 bits per heavy atom. The number of aliphatic hydroxyl groups is 1. The van der Waals surface area contributed by atoms with Gasteiger partial charge >= 0.3 is 0 Å². The van der Waals surface area contributed by atoms with Crippen molar-refractivity contribution in [3.8, 4) is 0 Å². The van der Waals surface area contributed by atoms with Crippen molar-refractivity contribution >= 4 is 0 Å². The van der Waals surface area contributed by atoms with Gasteiger partial charge in [-0.3, -0.25) is 4.98 Å². The minimum atomic E-state index is -0.204. The van der Waals surface area contributed by atoms with Gasteiger partial charge in [0.15, 0.2) is 0 Å². The van der Waals surface area contributed by atoms with Gasteiger partial charge < -0.3 is 10.4 Å². The Morgan fingerprint density at radius 3 is 2.80 bits per heavy atom. The van der Waals surface area contributed by atoms with Crippen molar-refractivity contribution in [2.75, 3.05) is 6.61 Å². The first-order chi connectivity index (χ1) is 7.11. The highest BCUT2D eigenvalue weighted by atomic mass is 16.3. The molecule has 0 bridgehead atoms. The van der Waals surface area contributed by atoms with Gasteiger partial charge in [-0.15, -0.1) is 0 Å². The highest BCUT2D eigenvalue weighted by Crippen LogP contribution is 2.10. The van der Waals surface area contributed by atoms with Crippen molar-refractivity contribution in [2.24, 2.45) is 0 Å². The fourth-order valence-electron chi connectivity index (χ4n) is 1.29. The summed E-state index contributed by atoms with van der Waals surface area (Å²) in [6.07, 6.45) is 2.70. The van der Waals surface area contributed by atoms with Crippen molar-refractivity contribution in [3.05, 3.63) is 29.6 Å². The molecule has 0 fully saturated rings. The quantitative estimate of drug-likeness (QED) is 0.773. The predicted octanol–water partition coefficient (Wildman–Crippen LogP) is 1.64. The SMILES string of the molecule is CCC(C)(CO)NCc1ncccc1C. The van der Waals surface area contributed by atoms with Crippen molar-refractivity contribution in [1.82, 2.24) is 10.3 Å². The Balaban J connectivity index is 2.61. The minimum Gasteiger partial charge on any atom is -0.394 e. The van der Waals surface area contributed by atoms with Gasteiger partial charge in [0.25, 0.3) is 0 Å². The average Bonchev–Trinajstić information content (AvgIpc) is 2.28. The number of aromatic nitrogens is 1. The average molecular weight is 208 g/mol. The summed E-state index contributed by atoms with van der Waals surface area (Å²) >= 11 is 0. The lowest BCUT2D eigenvalue weighted by Gasteiger charge is -2.27. The Kier molecular flexibility index (Phi) is 4.24. The molecule has 0 spiro atoms. The molecule has 1 unspecified atom stereocenters. The number of aliphatic hydroxyl groups excluding tert-OH is 1. The second-order valence-electron chi connectivity index (χ2n) is 4.19. The van der Waals surface area contributed by atoms with E-state index < -0.39 is 0 Å². The molecule has 1 rings (SSSR count). The molecule has 0 saturated heterocycles. The van der Waals surface area contributed by atoms with Crippen LogP contribution in [0.25, 0.3) is 0 Å². The normalized spacial score (nSPS) is 14.9. The molecule has 2 N–H and O–H groups in total. The molecule has 1 atom stereocenters. The predicted molar refractivity (Wildman–Crippen MR) is 61.6 cm³/mol. The first kappa shape index (κ1) is 12.1. The molecule has 84 valence electrons. The summed E-state index contributed by atoms with van der Waals surface area (Å²) in [5.41, 5.74) is 2.02. The zero-order valence-corrected chi connectivity index (χ0v) is 9.75. The summed E-state index contributed by atoms with van der Waals surface area (Å²) in [6.45, 7) is 6.99. The standard InChI is InChI=1S/C12H20N2O/c1-4-12(3,9-15)14-8-11-10(2)6-5-7-13-11/h5-7,14-15H,4,8-9H2,1-3H3. The van der Waals surface area contributed by atoms with Crippen LogP contribution in [-0.2, 0) is 6.54 Å².